The molecule has 0 saturated heterocycles. The number of benzene rings is 2. The molecule has 2 aromatic carbocycles. The van der Waals surface area contributed by atoms with Gasteiger partial charge in [0, 0.05) is 25.9 Å². The van der Waals surface area contributed by atoms with E-state index in [0.717, 1.165) is 10.0 Å². The smallest absolute Gasteiger partial charge is 0.175 e. The Balaban J connectivity index is 2.00. The predicted molar refractivity (Wildman–Crippen MR) is 86.6 cm³/mol. The SMILES string of the molecule is O=C(CS(=O)Cc1ccccc1Cl)c1ccc(Br)cc1. The number of carbonyl (C=O) groups excluding carboxylic acids is 1. The summed E-state index contributed by atoms with van der Waals surface area (Å²) >= 11 is 9.33. The maximum absolute atomic E-state index is 12.0. The highest BCUT2D eigenvalue weighted by Gasteiger charge is 2.12. The van der Waals surface area contributed by atoms with Gasteiger partial charge in [-0.05, 0) is 23.8 Å². The van der Waals surface area contributed by atoms with E-state index in [1.54, 1.807) is 30.3 Å². The van der Waals surface area contributed by atoms with Crippen LogP contribution in [0.1, 0.15) is 15.9 Å². The summed E-state index contributed by atoms with van der Waals surface area (Å²) < 4.78 is 12.9. The van der Waals surface area contributed by atoms with Crippen LogP contribution in [0.3, 0.4) is 0 Å². The van der Waals surface area contributed by atoms with E-state index in [1.165, 1.54) is 0 Å². The van der Waals surface area contributed by atoms with Crippen LogP contribution in [0.5, 0.6) is 0 Å². The van der Waals surface area contributed by atoms with Crippen LogP contribution in [0.25, 0.3) is 0 Å². The summed E-state index contributed by atoms with van der Waals surface area (Å²) in [5.41, 5.74) is 1.37. The van der Waals surface area contributed by atoms with E-state index < -0.39 is 10.8 Å². The molecular formula is C15H12BrClO2S. The zero-order valence-corrected chi connectivity index (χ0v) is 13.7. The van der Waals surface area contributed by atoms with Crippen LogP contribution in [0.2, 0.25) is 5.02 Å². The third-order valence-corrected chi connectivity index (χ3v) is 4.85. The number of Topliss-reactive ketones (excluding diaryl/α,β-unsaturated/α-hetero) is 1. The Morgan fingerprint density at radius 1 is 1.10 bits per heavy atom. The van der Waals surface area contributed by atoms with E-state index in [2.05, 4.69) is 15.9 Å². The van der Waals surface area contributed by atoms with Gasteiger partial charge in [0.1, 0.15) is 0 Å². The number of hydrogen-bond donors (Lipinski definition) is 0. The summed E-state index contributed by atoms with van der Waals surface area (Å²) in [6.07, 6.45) is 0. The fourth-order valence-corrected chi connectivity index (χ4v) is 3.41. The number of carbonyl (C=O) groups is 1. The molecular weight excluding hydrogens is 360 g/mol. The van der Waals surface area contributed by atoms with Gasteiger partial charge in [-0.2, -0.15) is 0 Å². The summed E-state index contributed by atoms with van der Waals surface area (Å²) in [5.74, 6) is 0.178. The van der Waals surface area contributed by atoms with Crippen LogP contribution in [0.4, 0.5) is 0 Å². The first kappa shape index (κ1) is 15.4. The normalized spacial score (nSPS) is 12.1. The van der Waals surface area contributed by atoms with Crippen molar-refractivity contribution in [2.24, 2.45) is 0 Å². The summed E-state index contributed by atoms with van der Waals surface area (Å²) in [4.78, 5) is 12.0. The van der Waals surface area contributed by atoms with Gasteiger partial charge in [-0.15, -0.1) is 0 Å². The molecule has 0 aromatic heterocycles. The van der Waals surface area contributed by atoms with Crippen LogP contribution < -0.4 is 0 Å². The Kier molecular flexibility index (Phi) is 5.52. The Bertz CT molecular complexity index is 641. The summed E-state index contributed by atoms with van der Waals surface area (Å²) in [6, 6.07) is 14.3. The van der Waals surface area contributed by atoms with Crippen molar-refractivity contribution in [1.29, 1.82) is 0 Å². The zero-order chi connectivity index (χ0) is 14.5. The lowest BCUT2D eigenvalue weighted by molar-refractivity contribution is 0.102. The minimum absolute atomic E-state index is 0.00680. The summed E-state index contributed by atoms with van der Waals surface area (Å²) in [7, 11) is -1.26. The molecule has 0 aliphatic carbocycles. The van der Waals surface area contributed by atoms with Gasteiger partial charge in [0.05, 0.1) is 11.5 Å². The van der Waals surface area contributed by atoms with Crippen molar-refractivity contribution >= 4 is 44.1 Å². The fourth-order valence-electron chi connectivity index (χ4n) is 1.71. The van der Waals surface area contributed by atoms with Gasteiger partial charge in [0.15, 0.2) is 5.78 Å². The molecule has 2 aromatic rings. The minimum Gasteiger partial charge on any atom is -0.293 e. The molecule has 5 heteroatoms. The monoisotopic (exact) mass is 370 g/mol. The van der Waals surface area contributed by atoms with E-state index in [4.69, 9.17) is 11.6 Å². The third-order valence-electron chi connectivity index (χ3n) is 2.73. The van der Waals surface area contributed by atoms with Gasteiger partial charge < -0.3 is 0 Å². The number of halogens is 2. The molecule has 0 amide bonds. The molecule has 20 heavy (non-hydrogen) atoms. The Labute approximate surface area is 133 Å². The van der Waals surface area contributed by atoms with Gasteiger partial charge in [-0.3, -0.25) is 9.00 Å². The lowest BCUT2D eigenvalue weighted by atomic mass is 10.2. The lowest BCUT2D eigenvalue weighted by Crippen LogP contribution is -2.12. The molecule has 104 valence electrons. The maximum atomic E-state index is 12.0. The maximum Gasteiger partial charge on any atom is 0.175 e. The van der Waals surface area contributed by atoms with Crippen molar-refractivity contribution in [1.82, 2.24) is 0 Å². The van der Waals surface area contributed by atoms with E-state index in [1.807, 2.05) is 18.2 Å². The highest BCUT2D eigenvalue weighted by atomic mass is 79.9. The molecule has 0 aliphatic rings. The average molecular weight is 372 g/mol. The largest absolute Gasteiger partial charge is 0.293 e. The molecule has 1 unspecified atom stereocenters. The fraction of sp³-hybridized carbons (Fsp3) is 0.133. The first-order chi connectivity index (χ1) is 9.56. The Hall–Kier alpha value is -0.970. The second-order valence-corrected chi connectivity index (χ2v) is 7.03. The van der Waals surface area contributed by atoms with Gasteiger partial charge in [0.2, 0.25) is 0 Å². The van der Waals surface area contributed by atoms with E-state index >= 15 is 0 Å². The van der Waals surface area contributed by atoms with Crippen molar-refractivity contribution in [3.8, 4) is 0 Å². The molecule has 0 N–H and O–H groups in total. The highest BCUT2D eigenvalue weighted by molar-refractivity contribution is 9.10. The Morgan fingerprint density at radius 2 is 1.75 bits per heavy atom. The van der Waals surface area contributed by atoms with Crippen molar-refractivity contribution in [3.05, 3.63) is 69.2 Å². The highest BCUT2D eigenvalue weighted by Crippen LogP contribution is 2.17. The van der Waals surface area contributed by atoms with Crippen molar-refractivity contribution in [2.75, 3.05) is 5.75 Å². The minimum atomic E-state index is -1.26. The first-order valence-electron chi connectivity index (χ1n) is 5.93. The quantitative estimate of drug-likeness (QED) is 0.737. The standard InChI is InChI=1S/C15H12BrClO2S/c16-13-7-5-11(6-8-13)15(18)10-20(19)9-12-3-1-2-4-14(12)17/h1-8H,9-10H2. The van der Waals surface area contributed by atoms with E-state index in [-0.39, 0.29) is 11.5 Å². The molecule has 1 atom stereocenters. The van der Waals surface area contributed by atoms with Crippen LogP contribution in [-0.4, -0.2) is 15.7 Å². The third kappa shape index (κ3) is 4.27. The number of rotatable bonds is 5. The molecule has 0 aliphatic heterocycles. The summed E-state index contributed by atoms with van der Waals surface area (Å²) in [5, 5.41) is 0.581. The first-order valence-corrected chi connectivity index (χ1v) is 8.59. The van der Waals surface area contributed by atoms with Gasteiger partial charge >= 0.3 is 0 Å². The second kappa shape index (κ2) is 7.16. The molecule has 0 spiro atoms. The predicted octanol–water partition coefficient (Wildman–Crippen LogP) is 4.23. The average Bonchev–Trinajstić information content (AvgIpc) is 2.42. The molecule has 0 saturated carbocycles. The second-order valence-electron chi connectivity index (χ2n) is 4.25. The van der Waals surface area contributed by atoms with E-state index in [9.17, 15) is 9.00 Å². The van der Waals surface area contributed by atoms with Crippen molar-refractivity contribution in [3.63, 3.8) is 0 Å². The van der Waals surface area contributed by atoms with Crippen LogP contribution >= 0.6 is 27.5 Å². The number of hydrogen-bond acceptors (Lipinski definition) is 2. The zero-order valence-electron chi connectivity index (χ0n) is 10.5. The lowest BCUT2D eigenvalue weighted by Gasteiger charge is -2.04. The van der Waals surface area contributed by atoms with Crippen LogP contribution in [-0.2, 0) is 16.6 Å². The Morgan fingerprint density at radius 3 is 2.40 bits per heavy atom. The molecule has 2 nitrogen and oxygen atoms in total. The topological polar surface area (TPSA) is 34.1 Å². The number of ketones is 1. The molecule has 0 fully saturated rings. The summed E-state index contributed by atoms with van der Waals surface area (Å²) in [6.45, 7) is 0. The van der Waals surface area contributed by atoms with E-state index in [0.29, 0.717) is 16.3 Å². The van der Waals surface area contributed by atoms with Gasteiger partial charge in [-0.1, -0.05) is 57.9 Å². The van der Waals surface area contributed by atoms with Crippen molar-refractivity contribution < 1.29 is 9.00 Å². The van der Waals surface area contributed by atoms with Crippen LogP contribution in [0, 0.1) is 0 Å². The van der Waals surface area contributed by atoms with Crippen molar-refractivity contribution in [2.45, 2.75) is 5.75 Å². The molecule has 2 rings (SSSR count). The molecule has 0 heterocycles. The van der Waals surface area contributed by atoms with Gasteiger partial charge in [-0.25, -0.2) is 0 Å². The van der Waals surface area contributed by atoms with Gasteiger partial charge in [0.25, 0.3) is 0 Å². The molecule has 0 radical (unpaired) electrons. The van der Waals surface area contributed by atoms with Crippen LogP contribution in [0.15, 0.2) is 53.0 Å². The molecule has 0 bridgehead atoms.